The number of hydrogen-bond donors (Lipinski definition) is 2. The molecule has 0 heterocycles. The minimum Gasteiger partial charge on any atom is -0.508 e. The Morgan fingerprint density at radius 1 is 0.900 bits per heavy atom. The quantitative estimate of drug-likeness (QED) is 0.895. The molecule has 0 unspecified atom stereocenters. The van der Waals surface area contributed by atoms with Gasteiger partial charge in [0.25, 0.3) is 0 Å². The summed E-state index contributed by atoms with van der Waals surface area (Å²) in [6, 6.07) is 7.53. The van der Waals surface area contributed by atoms with E-state index in [1.54, 1.807) is 26.0 Å². The van der Waals surface area contributed by atoms with E-state index in [0.29, 0.717) is 29.8 Å². The summed E-state index contributed by atoms with van der Waals surface area (Å²) in [5, 5.41) is 12.5. The Bertz CT molecular complexity index is 583. The highest BCUT2D eigenvalue weighted by molar-refractivity contribution is 5.31. The molecule has 0 radical (unpaired) electrons. The number of benzene rings is 2. The van der Waals surface area contributed by atoms with E-state index in [1.165, 1.54) is 12.1 Å². The smallest absolute Gasteiger partial charge is 0.129 e. The second-order valence-electron chi connectivity index (χ2n) is 4.96. The number of nitrogens with one attached hydrogen (secondary N) is 1. The molecule has 0 saturated carbocycles. The molecule has 0 saturated heterocycles. The number of halogens is 2. The van der Waals surface area contributed by atoms with E-state index in [1.807, 2.05) is 0 Å². The summed E-state index contributed by atoms with van der Waals surface area (Å²) in [6.07, 6.45) is 0. The van der Waals surface area contributed by atoms with E-state index in [2.05, 4.69) is 5.32 Å². The molecule has 2 N–H and O–H groups in total. The molecular weight excluding hydrogens is 260 g/mol. The predicted molar refractivity (Wildman–Crippen MR) is 74.5 cm³/mol. The zero-order valence-corrected chi connectivity index (χ0v) is 11.5. The Labute approximate surface area is 117 Å². The summed E-state index contributed by atoms with van der Waals surface area (Å²) in [4.78, 5) is 0. The van der Waals surface area contributed by atoms with E-state index < -0.39 is 5.82 Å². The lowest BCUT2D eigenvalue weighted by atomic mass is 10.1. The highest BCUT2D eigenvalue weighted by Crippen LogP contribution is 2.16. The van der Waals surface area contributed by atoms with Gasteiger partial charge in [-0.2, -0.15) is 0 Å². The van der Waals surface area contributed by atoms with Gasteiger partial charge in [0.2, 0.25) is 0 Å². The SMILES string of the molecule is Cc1cc(CNCc2cc(O)cc(F)c2)cc(C)c1F. The maximum atomic E-state index is 13.5. The van der Waals surface area contributed by atoms with Crippen LogP contribution in [0, 0.1) is 25.5 Å². The van der Waals surface area contributed by atoms with Crippen molar-refractivity contribution in [3.63, 3.8) is 0 Å². The summed E-state index contributed by atoms with van der Waals surface area (Å²) in [5.41, 5.74) is 2.87. The third-order valence-corrected chi connectivity index (χ3v) is 3.10. The summed E-state index contributed by atoms with van der Waals surface area (Å²) in [7, 11) is 0. The molecule has 0 bridgehead atoms. The third kappa shape index (κ3) is 3.54. The Morgan fingerprint density at radius 3 is 2.00 bits per heavy atom. The normalized spacial score (nSPS) is 10.8. The van der Waals surface area contributed by atoms with Crippen molar-refractivity contribution in [2.45, 2.75) is 26.9 Å². The van der Waals surface area contributed by atoms with Gasteiger partial charge in [-0.05, 0) is 48.2 Å². The van der Waals surface area contributed by atoms with Gasteiger partial charge >= 0.3 is 0 Å². The maximum absolute atomic E-state index is 13.5. The first-order valence-corrected chi connectivity index (χ1v) is 6.40. The van der Waals surface area contributed by atoms with E-state index in [-0.39, 0.29) is 11.6 Å². The predicted octanol–water partition coefficient (Wildman–Crippen LogP) is 3.58. The lowest BCUT2D eigenvalue weighted by molar-refractivity contribution is 0.467. The van der Waals surface area contributed by atoms with Crippen molar-refractivity contribution < 1.29 is 13.9 Å². The zero-order valence-electron chi connectivity index (χ0n) is 11.5. The van der Waals surface area contributed by atoms with Crippen molar-refractivity contribution in [3.05, 3.63) is 64.2 Å². The van der Waals surface area contributed by atoms with Crippen molar-refractivity contribution in [2.75, 3.05) is 0 Å². The molecule has 0 atom stereocenters. The molecule has 0 aliphatic carbocycles. The molecule has 2 aromatic carbocycles. The van der Waals surface area contributed by atoms with E-state index in [9.17, 15) is 13.9 Å². The van der Waals surface area contributed by atoms with E-state index in [0.717, 1.165) is 11.6 Å². The van der Waals surface area contributed by atoms with Gasteiger partial charge in [0.05, 0.1) is 0 Å². The van der Waals surface area contributed by atoms with Crippen LogP contribution in [0.5, 0.6) is 5.75 Å². The lowest BCUT2D eigenvalue weighted by Gasteiger charge is -2.09. The number of phenols is 1. The van der Waals surface area contributed by atoms with Gasteiger partial charge in [-0.3, -0.25) is 0 Å². The summed E-state index contributed by atoms with van der Waals surface area (Å²) in [5.74, 6) is -0.727. The lowest BCUT2D eigenvalue weighted by Crippen LogP contribution is -2.13. The first-order valence-electron chi connectivity index (χ1n) is 6.40. The van der Waals surface area contributed by atoms with Crippen molar-refractivity contribution in [1.29, 1.82) is 0 Å². The van der Waals surface area contributed by atoms with Gasteiger partial charge in [0, 0.05) is 19.2 Å². The van der Waals surface area contributed by atoms with Crippen LogP contribution in [0.25, 0.3) is 0 Å². The van der Waals surface area contributed by atoms with Crippen LogP contribution in [0.3, 0.4) is 0 Å². The topological polar surface area (TPSA) is 32.3 Å². The molecular formula is C16H17F2NO. The highest BCUT2D eigenvalue weighted by atomic mass is 19.1. The van der Waals surface area contributed by atoms with Crippen LogP contribution in [0.2, 0.25) is 0 Å². The third-order valence-electron chi connectivity index (χ3n) is 3.10. The number of aryl methyl sites for hydroxylation is 2. The van der Waals surface area contributed by atoms with Gasteiger partial charge in [-0.15, -0.1) is 0 Å². The van der Waals surface area contributed by atoms with Crippen LogP contribution in [-0.4, -0.2) is 5.11 Å². The highest BCUT2D eigenvalue weighted by Gasteiger charge is 2.04. The second kappa shape index (κ2) is 6.01. The first-order chi connectivity index (χ1) is 9.45. The van der Waals surface area contributed by atoms with Crippen LogP contribution < -0.4 is 5.32 Å². The number of rotatable bonds is 4. The van der Waals surface area contributed by atoms with Crippen LogP contribution in [0.4, 0.5) is 8.78 Å². The molecule has 4 heteroatoms. The Hall–Kier alpha value is -1.94. The van der Waals surface area contributed by atoms with Gasteiger partial charge in [-0.1, -0.05) is 12.1 Å². The average Bonchev–Trinajstić information content (AvgIpc) is 2.34. The molecule has 2 nitrogen and oxygen atoms in total. The Balaban J connectivity index is 1.99. The largest absolute Gasteiger partial charge is 0.508 e. The van der Waals surface area contributed by atoms with Gasteiger partial charge in [0.15, 0.2) is 0 Å². The first kappa shape index (κ1) is 14.5. The van der Waals surface area contributed by atoms with Gasteiger partial charge in [-0.25, -0.2) is 8.78 Å². The molecule has 0 aromatic heterocycles. The van der Waals surface area contributed by atoms with Gasteiger partial charge in [0.1, 0.15) is 17.4 Å². The summed E-state index contributed by atoms with van der Waals surface area (Å²) < 4.78 is 26.6. The zero-order chi connectivity index (χ0) is 14.7. The maximum Gasteiger partial charge on any atom is 0.129 e. The molecule has 0 aliphatic rings. The van der Waals surface area contributed by atoms with Gasteiger partial charge < -0.3 is 10.4 Å². The fraction of sp³-hybridized carbons (Fsp3) is 0.250. The number of aromatic hydroxyl groups is 1. The Kier molecular flexibility index (Phi) is 4.35. The van der Waals surface area contributed by atoms with Crippen molar-refractivity contribution in [2.24, 2.45) is 0 Å². The standard InChI is InChI=1S/C16H17F2NO/c1-10-3-12(4-11(2)16(10)18)8-19-9-13-5-14(17)7-15(20)6-13/h3-7,19-20H,8-9H2,1-2H3. The molecule has 0 aliphatic heterocycles. The minimum absolute atomic E-state index is 0.0877. The van der Waals surface area contributed by atoms with Crippen LogP contribution >= 0.6 is 0 Å². The van der Waals surface area contributed by atoms with Crippen molar-refractivity contribution >= 4 is 0 Å². The van der Waals surface area contributed by atoms with E-state index >= 15 is 0 Å². The molecule has 0 amide bonds. The van der Waals surface area contributed by atoms with Crippen molar-refractivity contribution in [3.8, 4) is 5.75 Å². The average molecular weight is 277 g/mol. The molecule has 2 rings (SSSR count). The molecule has 106 valence electrons. The van der Waals surface area contributed by atoms with Crippen LogP contribution in [-0.2, 0) is 13.1 Å². The fourth-order valence-electron chi connectivity index (χ4n) is 2.22. The minimum atomic E-state index is -0.463. The fourth-order valence-corrected chi connectivity index (χ4v) is 2.22. The van der Waals surface area contributed by atoms with Crippen molar-refractivity contribution in [1.82, 2.24) is 5.32 Å². The number of phenolic OH excluding ortho intramolecular Hbond substituents is 1. The molecule has 20 heavy (non-hydrogen) atoms. The molecule has 2 aromatic rings. The van der Waals surface area contributed by atoms with E-state index in [4.69, 9.17) is 0 Å². The van der Waals surface area contributed by atoms with Crippen LogP contribution in [0.1, 0.15) is 22.3 Å². The summed E-state index contributed by atoms with van der Waals surface area (Å²) >= 11 is 0. The monoisotopic (exact) mass is 277 g/mol. The Morgan fingerprint density at radius 2 is 1.45 bits per heavy atom. The van der Waals surface area contributed by atoms with Crippen LogP contribution in [0.15, 0.2) is 30.3 Å². The molecule has 0 fully saturated rings. The number of hydrogen-bond acceptors (Lipinski definition) is 2. The second-order valence-corrected chi connectivity index (χ2v) is 4.96. The summed E-state index contributed by atoms with van der Waals surface area (Å²) in [6.45, 7) is 4.45. The molecule has 0 spiro atoms.